The van der Waals surface area contributed by atoms with Crippen LogP contribution in [0.5, 0.6) is 0 Å². The third-order valence-corrected chi connectivity index (χ3v) is 3.26. The first-order valence-corrected chi connectivity index (χ1v) is 6.36. The van der Waals surface area contributed by atoms with Gasteiger partial charge in [-0.2, -0.15) is 0 Å². The van der Waals surface area contributed by atoms with E-state index in [2.05, 4.69) is 55.5 Å². The zero-order valence-corrected chi connectivity index (χ0v) is 10.4. The van der Waals surface area contributed by atoms with Crippen molar-refractivity contribution in [3.63, 3.8) is 0 Å². The monoisotopic (exact) mass is 223 g/mol. The van der Waals surface area contributed by atoms with Crippen LogP contribution >= 0.6 is 0 Å². The lowest BCUT2D eigenvalue weighted by atomic mass is 9.94. The molecule has 0 nitrogen and oxygen atoms in total. The smallest absolute Gasteiger partial charge is 0.0184 e. The summed E-state index contributed by atoms with van der Waals surface area (Å²) in [6.07, 6.45) is 3.68. The van der Waals surface area contributed by atoms with Crippen molar-refractivity contribution in [3.05, 3.63) is 71.8 Å². The summed E-state index contributed by atoms with van der Waals surface area (Å²) < 4.78 is 0. The minimum absolute atomic E-state index is 0.659. The first-order valence-electron chi connectivity index (χ1n) is 6.36. The molecule has 87 valence electrons. The summed E-state index contributed by atoms with van der Waals surface area (Å²) in [5, 5.41) is 0. The predicted molar refractivity (Wildman–Crippen MR) is 73.1 cm³/mol. The van der Waals surface area contributed by atoms with Gasteiger partial charge in [0.2, 0.25) is 0 Å². The zero-order chi connectivity index (χ0) is 11.9. The van der Waals surface area contributed by atoms with E-state index in [0.29, 0.717) is 5.92 Å². The highest BCUT2D eigenvalue weighted by atomic mass is 14.1. The molecule has 0 aliphatic heterocycles. The fourth-order valence-electron chi connectivity index (χ4n) is 2.15. The summed E-state index contributed by atoms with van der Waals surface area (Å²) in [6, 6.07) is 22.1. The largest absolute Gasteiger partial charge is 0.0622 e. The van der Waals surface area contributed by atoms with Crippen LogP contribution in [-0.4, -0.2) is 0 Å². The third kappa shape index (κ3) is 3.74. The Kier molecular flexibility index (Phi) is 4.37. The van der Waals surface area contributed by atoms with E-state index in [1.165, 1.54) is 30.4 Å². The quantitative estimate of drug-likeness (QED) is 0.694. The molecule has 1 radical (unpaired) electrons. The Morgan fingerprint density at radius 3 is 2.41 bits per heavy atom. The van der Waals surface area contributed by atoms with Crippen LogP contribution in [-0.2, 0) is 6.42 Å². The van der Waals surface area contributed by atoms with Crippen LogP contribution in [0.15, 0.2) is 54.6 Å². The van der Waals surface area contributed by atoms with Gasteiger partial charge in [0, 0.05) is 0 Å². The van der Waals surface area contributed by atoms with Crippen LogP contribution in [0.1, 0.15) is 36.8 Å². The van der Waals surface area contributed by atoms with Gasteiger partial charge in [0.15, 0.2) is 0 Å². The molecule has 0 fully saturated rings. The lowest BCUT2D eigenvalue weighted by Crippen LogP contribution is -1.94. The molecule has 0 N–H and O–H groups in total. The Bertz CT molecular complexity index is 416. The Labute approximate surface area is 104 Å². The van der Waals surface area contributed by atoms with Crippen LogP contribution in [0.2, 0.25) is 0 Å². The minimum Gasteiger partial charge on any atom is -0.0622 e. The molecule has 0 heteroatoms. The fourth-order valence-corrected chi connectivity index (χ4v) is 2.15. The maximum atomic E-state index is 3.06. The van der Waals surface area contributed by atoms with Crippen molar-refractivity contribution < 1.29 is 0 Å². The van der Waals surface area contributed by atoms with Crippen molar-refractivity contribution in [2.75, 3.05) is 0 Å². The lowest BCUT2D eigenvalue weighted by molar-refractivity contribution is 0.633. The van der Waals surface area contributed by atoms with Crippen LogP contribution < -0.4 is 0 Å². The molecule has 0 saturated carbocycles. The number of benzene rings is 2. The van der Waals surface area contributed by atoms with Gasteiger partial charge in [-0.05, 0) is 42.4 Å². The fraction of sp³-hybridized carbons (Fsp3) is 0.294. The molecule has 2 rings (SSSR count). The van der Waals surface area contributed by atoms with E-state index in [-0.39, 0.29) is 0 Å². The van der Waals surface area contributed by atoms with Crippen LogP contribution in [0.3, 0.4) is 0 Å². The molecule has 2 aromatic carbocycles. The van der Waals surface area contributed by atoms with E-state index in [9.17, 15) is 0 Å². The summed E-state index contributed by atoms with van der Waals surface area (Å²) >= 11 is 0. The average Bonchev–Trinajstić information content (AvgIpc) is 2.41. The second-order valence-corrected chi connectivity index (χ2v) is 4.61. The van der Waals surface area contributed by atoms with Gasteiger partial charge in [-0.25, -0.2) is 0 Å². The maximum absolute atomic E-state index is 3.06. The first kappa shape index (κ1) is 11.9. The highest BCUT2D eigenvalue weighted by Gasteiger charge is 2.04. The molecule has 0 aliphatic carbocycles. The van der Waals surface area contributed by atoms with Crippen molar-refractivity contribution >= 4 is 0 Å². The first-order chi connectivity index (χ1) is 8.36. The van der Waals surface area contributed by atoms with E-state index < -0.39 is 0 Å². The summed E-state index contributed by atoms with van der Waals surface area (Å²) in [5.74, 6) is 0.659. The molecular formula is C17H19. The summed E-state index contributed by atoms with van der Waals surface area (Å²) in [5.41, 5.74) is 2.87. The molecule has 0 heterocycles. The molecule has 0 saturated heterocycles. The molecule has 1 atom stereocenters. The number of rotatable bonds is 5. The maximum Gasteiger partial charge on any atom is -0.0184 e. The Morgan fingerprint density at radius 2 is 1.71 bits per heavy atom. The van der Waals surface area contributed by atoms with Gasteiger partial charge in [0.05, 0.1) is 0 Å². The SMILES string of the molecule is CC(CCCc1cc[c]cc1)c1ccccc1. The van der Waals surface area contributed by atoms with Gasteiger partial charge >= 0.3 is 0 Å². The third-order valence-electron chi connectivity index (χ3n) is 3.26. The highest BCUT2D eigenvalue weighted by molar-refractivity contribution is 5.19. The van der Waals surface area contributed by atoms with Crippen LogP contribution in [0, 0.1) is 6.07 Å². The molecule has 0 spiro atoms. The molecule has 2 aromatic rings. The zero-order valence-electron chi connectivity index (χ0n) is 10.4. The van der Waals surface area contributed by atoms with Gasteiger partial charge < -0.3 is 0 Å². The molecule has 17 heavy (non-hydrogen) atoms. The van der Waals surface area contributed by atoms with E-state index in [0.717, 1.165) is 0 Å². The minimum atomic E-state index is 0.659. The number of aryl methyl sites for hydroxylation is 1. The van der Waals surface area contributed by atoms with Crippen molar-refractivity contribution in [1.29, 1.82) is 0 Å². The van der Waals surface area contributed by atoms with Gasteiger partial charge in [0.25, 0.3) is 0 Å². The van der Waals surface area contributed by atoms with E-state index in [1.54, 1.807) is 0 Å². The predicted octanol–water partition coefficient (Wildman–Crippen LogP) is 4.61. The van der Waals surface area contributed by atoms with Gasteiger partial charge in [-0.15, -0.1) is 0 Å². The lowest BCUT2D eigenvalue weighted by Gasteiger charge is -2.11. The average molecular weight is 223 g/mol. The van der Waals surface area contributed by atoms with E-state index >= 15 is 0 Å². The Morgan fingerprint density at radius 1 is 1.00 bits per heavy atom. The van der Waals surface area contributed by atoms with Crippen molar-refractivity contribution in [2.45, 2.75) is 32.1 Å². The second kappa shape index (κ2) is 6.24. The van der Waals surface area contributed by atoms with Crippen LogP contribution in [0.25, 0.3) is 0 Å². The van der Waals surface area contributed by atoms with E-state index in [4.69, 9.17) is 0 Å². The van der Waals surface area contributed by atoms with Gasteiger partial charge in [-0.1, -0.05) is 61.5 Å². The Balaban J connectivity index is 1.79. The molecule has 0 amide bonds. The number of hydrogen-bond acceptors (Lipinski definition) is 0. The summed E-state index contributed by atoms with van der Waals surface area (Å²) in [4.78, 5) is 0. The molecule has 0 aromatic heterocycles. The molecule has 0 bridgehead atoms. The summed E-state index contributed by atoms with van der Waals surface area (Å²) in [7, 11) is 0. The summed E-state index contributed by atoms with van der Waals surface area (Å²) in [6.45, 7) is 2.31. The van der Waals surface area contributed by atoms with Gasteiger partial charge in [-0.3, -0.25) is 0 Å². The molecular weight excluding hydrogens is 204 g/mol. The Hall–Kier alpha value is -1.56. The van der Waals surface area contributed by atoms with Crippen molar-refractivity contribution in [3.8, 4) is 0 Å². The standard InChI is InChI=1S/C17H19/c1-15(17-13-6-3-7-14-17)9-8-12-16-10-4-2-5-11-16/h3-7,10-11,13-15H,8-9,12H2,1H3. The van der Waals surface area contributed by atoms with Crippen LogP contribution in [0.4, 0.5) is 0 Å². The number of hydrogen-bond donors (Lipinski definition) is 0. The highest BCUT2D eigenvalue weighted by Crippen LogP contribution is 2.21. The molecule has 0 aliphatic rings. The van der Waals surface area contributed by atoms with E-state index in [1.807, 2.05) is 12.1 Å². The van der Waals surface area contributed by atoms with Crippen molar-refractivity contribution in [2.24, 2.45) is 0 Å². The molecule has 1 unspecified atom stereocenters. The normalized spacial score (nSPS) is 12.3. The van der Waals surface area contributed by atoms with Crippen molar-refractivity contribution in [1.82, 2.24) is 0 Å². The second-order valence-electron chi connectivity index (χ2n) is 4.61. The topological polar surface area (TPSA) is 0 Å². The van der Waals surface area contributed by atoms with Gasteiger partial charge in [0.1, 0.15) is 0 Å².